The van der Waals surface area contributed by atoms with E-state index < -0.39 is 0 Å². The highest BCUT2D eigenvalue weighted by Crippen LogP contribution is 2.23. The first-order valence-corrected chi connectivity index (χ1v) is 7.00. The molecule has 0 spiro atoms. The third-order valence-corrected chi connectivity index (χ3v) is 3.42. The molecule has 1 aromatic carbocycles. The molecule has 0 aliphatic carbocycles. The van der Waals surface area contributed by atoms with Gasteiger partial charge in [-0.1, -0.05) is 12.1 Å². The quantitative estimate of drug-likeness (QED) is 0.755. The summed E-state index contributed by atoms with van der Waals surface area (Å²) < 4.78 is 2.29. The van der Waals surface area contributed by atoms with Crippen molar-refractivity contribution in [3.8, 4) is 0 Å². The van der Waals surface area contributed by atoms with Crippen molar-refractivity contribution in [1.82, 2.24) is 0 Å². The SMILES string of the molecule is CCN(c1cccc(C)c1)c1cc(C)cc[n+]1CC.[Cl-]. The molecule has 108 valence electrons. The number of hydrogen-bond donors (Lipinski definition) is 0. The molecular weight excluding hydrogens is 268 g/mol. The summed E-state index contributed by atoms with van der Waals surface area (Å²) in [6.07, 6.45) is 2.17. The van der Waals surface area contributed by atoms with Gasteiger partial charge in [0.1, 0.15) is 5.69 Å². The topological polar surface area (TPSA) is 7.12 Å². The average molecular weight is 291 g/mol. The Balaban J connectivity index is 0.00000200. The van der Waals surface area contributed by atoms with E-state index >= 15 is 0 Å². The van der Waals surface area contributed by atoms with Crippen molar-refractivity contribution < 1.29 is 17.0 Å². The predicted molar refractivity (Wildman–Crippen MR) is 80.9 cm³/mol. The van der Waals surface area contributed by atoms with Crippen LogP contribution in [0.25, 0.3) is 0 Å². The predicted octanol–water partition coefficient (Wildman–Crippen LogP) is 0.773. The highest BCUT2D eigenvalue weighted by atomic mass is 35.5. The van der Waals surface area contributed by atoms with Crippen LogP contribution in [0.4, 0.5) is 11.5 Å². The number of halogens is 1. The number of hydrogen-bond acceptors (Lipinski definition) is 1. The highest BCUT2D eigenvalue weighted by Gasteiger charge is 2.19. The minimum absolute atomic E-state index is 0. The van der Waals surface area contributed by atoms with E-state index in [0.717, 1.165) is 13.1 Å². The molecular formula is C17H23ClN2. The van der Waals surface area contributed by atoms with E-state index in [9.17, 15) is 0 Å². The molecule has 0 N–H and O–H groups in total. The summed E-state index contributed by atoms with van der Waals surface area (Å²) in [6.45, 7) is 10.6. The van der Waals surface area contributed by atoms with Gasteiger partial charge in [0.25, 0.3) is 5.82 Å². The highest BCUT2D eigenvalue weighted by molar-refractivity contribution is 5.59. The second-order valence-electron chi connectivity index (χ2n) is 4.93. The third-order valence-electron chi connectivity index (χ3n) is 3.42. The molecule has 2 aromatic rings. The van der Waals surface area contributed by atoms with Crippen LogP contribution < -0.4 is 21.9 Å². The standard InChI is InChI=1S/C17H23N2.ClH/c1-5-18-11-10-15(4)13-17(18)19(6-2)16-9-7-8-14(3)12-16;/h7-13H,5-6H2,1-4H3;1H/q+1;/p-1. The maximum atomic E-state index is 2.36. The Kier molecular flexibility index (Phi) is 6.03. The van der Waals surface area contributed by atoms with E-state index in [1.54, 1.807) is 0 Å². The molecule has 20 heavy (non-hydrogen) atoms. The minimum Gasteiger partial charge on any atom is -1.00 e. The lowest BCUT2D eigenvalue weighted by Crippen LogP contribution is -3.00. The Morgan fingerprint density at radius 2 is 1.70 bits per heavy atom. The Hall–Kier alpha value is -1.54. The number of nitrogens with zero attached hydrogens (tertiary/aromatic N) is 2. The van der Waals surface area contributed by atoms with Crippen molar-refractivity contribution in [3.63, 3.8) is 0 Å². The number of anilines is 2. The van der Waals surface area contributed by atoms with Crippen LogP contribution >= 0.6 is 0 Å². The molecule has 0 aliphatic rings. The minimum atomic E-state index is 0. The van der Waals surface area contributed by atoms with Crippen LogP contribution in [0.5, 0.6) is 0 Å². The first-order chi connectivity index (χ1) is 9.15. The largest absolute Gasteiger partial charge is 1.00 e. The van der Waals surface area contributed by atoms with Gasteiger partial charge in [0, 0.05) is 6.07 Å². The summed E-state index contributed by atoms with van der Waals surface area (Å²) in [4.78, 5) is 2.36. The number of aryl methyl sites for hydroxylation is 3. The Labute approximate surface area is 128 Å². The normalized spacial score (nSPS) is 10.0. The Bertz CT molecular complexity index is 567. The van der Waals surface area contributed by atoms with Gasteiger partial charge in [0.2, 0.25) is 0 Å². The molecule has 0 fully saturated rings. The zero-order valence-corrected chi connectivity index (χ0v) is 13.5. The molecule has 0 amide bonds. The van der Waals surface area contributed by atoms with Crippen LogP contribution in [0, 0.1) is 13.8 Å². The molecule has 0 saturated heterocycles. The van der Waals surface area contributed by atoms with Gasteiger partial charge in [-0.15, -0.1) is 0 Å². The van der Waals surface area contributed by atoms with Crippen LogP contribution in [0.3, 0.4) is 0 Å². The molecule has 0 saturated carbocycles. The number of rotatable bonds is 4. The van der Waals surface area contributed by atoms with Crippen molar-refractivity contribution in [3.05, 3.63) is 53.7 Å². The lowest BCUT2D eigenvalue weighted by Gasteiger charge is -2.18. The lowest BCUT2D eigenvalue weighted by atomic mass is 10.2. The summed E-state index contributed by atoms with van der Waals surface area (Å²) in [6, 6.07) is 13.1. The van der Waals surface area contributed by atoms with Crippen molar-refractivity contribution in [2.75, 3.05) is 11.4 Å². The van der Waals surface area contributed by atoms with Crippen molar-refractivity contribution in [2.45, 2.75) is 34.2 Å². The average Bonchev–Trinajstić information content (AvgIpc) is 2.40. The Morgan fingerprint density at radius 1 is 1.00 bits per heavy atom. The number of aromatic nitrogens is 1. The first kappa shape index (κ1) is 16.5. The van der Waals surface area contributed by atoms with E-state index in [2.05, 4.69) is 79.8 Å². The molecule has 0 atom stereocenters. The van der Waals surface area contributed by atoms with E-state index in [1.807, 2.05) is 0 Å². The van der Waals surface area contributed by atoms with Gasteiger partial charge in [-0.3, -0.25) is 0 Å². The van der Waals surface area contributed by atoms with Gasteiger partial charge in [-0.25, -0.2) is 9.47 Å². The van der Waals surface area contributed by atoms with E-state index in [-0.39, 0.29) is 12.4 Å². The molecule has 2 nitrogen and oxygen atoms in total. The fourth-order valence-electron chi connectivity index (χ4n) is 2.39. The second kappa shape index (κ2) is 7.30. The summed E-state index contributed by atoms with van der Waals surface area (Å²) >= 11 is 0. The molecule has 0 aliphatic heterocycles. The second-order valence-corrected chi connectivity index (χ2v) is 4.93. The van der Waals surface area contributed by atoms with Gasteiger partial charge in [0.15, 0.2) is 0 Å². The Morgan fingerprint density at radius 3 is 2.30 bits per heavy atom. The smallest absolute Gasteiger partial charge is 0.281 e. The van der Waals surface area contributed by atoms with Gasteiger partial charge < -0.3 is 12.4 Å². The maximum absolute atomic E-state index is 2.36. The van der Waals surface area contributed by atoms with Crippen molar-refractivity contribution in [2.24, 2.45) is 0 Å². The van der Waals surface area contributed by atoms with E-state index in [0.29, 0.717) is 0 Å². The number of benzene rings is 1. The maximum Gasteiger partial charge on any atom is 0.281 e. The van der Waals surface area contributed by atoms with Crippen LogP contribution in [-0.4, -0.2) is 6.54 Å². The van der Waals surface area contributed by atoms with Gasteiger partial charge in [0.05, 0.1) is 19.3 Å². The molecule has 0 radical (unpaired) electrons. The van der Waals surface area contributed by atoms with Crippen LogP contribution in [-0.2, 0) is 6.54 Å². The van der Waals surface area contributed by atoms with Crippen LogP contribution in [0.1, 0.15) is 25.0 Å². The molecule has 0 bridgehead atoms. The van der Waals surface area contributed by atoms with E-state index in [4.69, 9.17) is 0 Å². The van der Waals surface area contributed by atoms with Crippen molar-refractivity contribution >= 4 is 11.5 Å². The van der Waals surface area contributed by atoms with Gasteiger partial charge in [-0.05, 0) is 57.0 Å². The molecule has 3 heteroatoms. The molecule has 1 aromatic heterocycles. The summed E-state index contributed by atoms with van der Waals surface area (Å²) in [5, 5.41) is 0. The van der Waals surface area contributed by atoms with Crippen molar-refractivity contribution in [1.29, 1.82) is 0 Å². The first-order valence-electron chi connectivity index (χ1n) is 7.00. The molecule has 2 rings (SSSR count). The summed E-state index contributed by atoms with van der Waals surface area (Å²) in [7, 11) is 0. The summed E-state index contributed by atoms with van der Waals surface area (Å²) in [5.41, 5.74) is 3.85. The van der Waals surface area contributed by atoms with Crippen LogP contribution in [0.15, 0.2) is 42.6 Å². The van der Waals surface area contributed by atoms with E-state index in [1.165, 1.54) is 22.6 Å². The van der Waals surface area contributed by atoms with Gasteiger partial charge in [-0.2, -0.15) is 0 Å². The lowest BCUT2D eigenvalue weighted by molar-refractivity contribution is -0.681. The van der Waals surface area contributed by atoms with Gasteiger partial charge >= 0.3 is 0 Å². The zero-order valence-electron chi connectivity index (χ0n) is 12.7. The fraction of sp³-hybridized carbons (Fsp3) is 0.353. The zero-order chi connectivity index (χ0) is 13.8. The number of pyridine rings is 1. The monoisotopic (exact) mass is 290 g/mol. The third kappa shape index (κ3) is 3.51. The summed E-state index contributed by atoms with van der Waals surface area (Å²) in [5.74, 6) is 1.26. The van der Waals surface area contributed by atoms with Crippen LogP contribution in [0.2, 0.25) is 0 Å². The molecule has 1 heterocycles. The molecule has 0 unspecified atom stereocenters. The fourth-order valence-corrected chi connectivity index (χ4v) is 2.39.